The summed E-state index contributed by atoms with van der Waals surface area (Å²) in [5, 5.41) is 30.8. The zero-order valence-electron chi connectivity index (χ0n) is 20.9. The van der Waals surface area contributed by atoms with Crippen molar-refractivity contribution in [1.29, 1.82) is 0 Å². The zero-order valence-corrected chi connectivity index (χ0v) is 20.9. The molecule has 3 aliphatic rings. The number of hydrogen-bond acceptors (Lipinski definition) is 3. The highest BCUT2D eigenvalue weighted by atomic mass is 16.3. The van der Waals surface area contributed by atoms with Crippen LogP contribution in [0.15, 0.2) is 47.1 Å². The zero-order chi connectivity index (χ0) is 23.5. The summed E-state index contributed by atoms with van der Waals surface area (Å²) in [4.78, 5) is 0. The second kappa shape index (κ2) is 10.4. The van der Waals surface area contributed by atoms with Gasteiger partial charge in [0.05, 0.1) is 17.8 Å². The minimum Gasteiger partial charge on any atom is -0.393 e. The van der Waals surface area contributed by atoms with Crippen LogP contribution in [0.1, 0.15) is 98.3 Å². The number of rotatable bonds is 8. The lowest BCUT2D eigenvalue weighted by Crippen LogP contribution is -2.32. The lowest BCUT2D eigenvalue weighted by atomic mass is 9.62. The summed E-state index contributed by atoms with van der Waals surface area (Å²) in [6.45, 7) is 13.1. The number of aliphatic hydroxyl groups excluding tert-OH is 2. The molecule has 180 valence electrons. The van der Waals surface area contributed by atoms with E-state index in [1.165, 1.54) is 18.4 Å². The van der Waals surface area contributed by atoms with E-state index in [4.69, 9.17) is 0 Å². The molecular formula is C29H46O3. The van der Waals surface area contributed by atoms with Crippen molar-refractivity contribution in [3.63, 3.8) is 0 Å². The molecule has 0 aromatic rings. The van der Waals surface area contributed by atoms with Gasteiger partial charge in [0.15, 0.2) is 0 Å². The molecule has 0 heterocycles. The highest BCUT2D eigenvalue weighted by Crippen LogP contribution is 2.57. The first-order valence-corrected chi connectivity index (χ1v) is 13.0. The Balaban J connectivity index is 1.68. The van der Waals surface area contributed by atoms with Gasteiger partial charge in [-0.05, 0) is 86.2 Å². The molecule has 3 nitrogen and oxygen atoms in total. The van der Waals surface area contributed by atoms with Crippen LogP contribution in [0.4, 0.5) is 0 Å². The number of hydrogen-bond donors (Lipinski definition) is 3. The Morgan fingerprint density at radius 3 is 2.66 bits per heavy atom. The normalized spacial score (nSPS) is 34.7. The number of allylic oxidation sites excluding steroid dienone is 5. The summed E-state index contributed by atoms with van der Waals surface area (Å²) in [6.07, 6.45) is 16.3. The third kappa shape index (κ3) is 5.32. The van der Waals surface area contributed by atoms with Gasteiger partial charge in [-0.3, -0.25) is 0 Å². The molecule has 2 fully saturated rings. The van der Waals surface area contributed by atoms with Crippen LogP contribution in [0.2, 0.25) is 0 Å². The topological polar surface area (TPSA) is 60.7 Å². The molecule has 3 rings (SSSR count). The van der Waals surface area contributed by atoms with Crippen LogP contribution in [0.3, 0.4) is 0 Å². The Labute approximate surface area is 196 Å². The molecule has 3 aliphatic carbocycles. The first-order chi connectivity index (χ1) is 15.1. The van der Waals surface area contributed by atoms with Gasteiger partial charge in [-0.15, -0.1) is 0 Å². The predicted molar refractivity (Wildman–Crippen MR) is 133 cm³/mol. The molecule has 3 N–H and O–H groups in total. The van der Waals surface area contributed by atoms with E-state index in [2.05, 4.69) is 52.5 Å². The Bertz CT molecular complexity index is 769. The van der Waals surface area contributed by atoms with Gasteiger partial charge >= 0.3 is 0 Å². The van der Waals surface area contributed by atoms with Crippen molar-refractivity contribution in [3.8, 4) is 0 Å². The van der Waals surface area contributed by atoms with Gasteiger partial charge in [-0.2, -0.15) is 0 Å². The molecule has 0 aliphatic heterocycles. The fourth-order valence-electron chi connectivity index (χ4n) is 6.58. The second-order valence-electron chi connectivity index (χ2n) is 11.0. The summed E-state index contributed by atoms with van der Waals surface area (Å²) >= 11 is 0. The van der Waals surface area contributed by atoms with Crippen LogP contribution in [-0.4, -0.2) is 33.1 Å². The van der Waals surface area contributed by atoms with Gasteiger partial charge in [0.25, 0.3) is 0 Å². The second-order valence-corrected chi connectivity index (χ2v) is 11.0. The van der Waals surface area contributed by atoms with Crippen LogP contribution < -0.4 is 0 Å². The third-order valence-corrected chi connectivity index (χ3v) is 9.00. The summed E-state index contributed by atoms with van der Waals surface area (Å²) < 4.78 is 0. The van der Waals surface area contributed by atoms with E-state index in [1.807, 2.05) is 0 Å². The van der Waals surface area contributed by atoms with E-state index in [0.29, 0.717) is 24.7 Å². The average Bonchev–Trinajstić information content (AvgIpc) is 3.12. The summed E-state index contributed by atoms with van der Waals surface area (Å²) in [5.41, 5.74) is 4.65. The SMILES string of the molecule is C=C1C(=CC=C2CCCC3(C)C(C(C)CCCC(O)(CC)CC)=CCC23)CC(O)CC1O. The number of fused-ring (bicyclic) bond motifs is 1. The van der Waals surface area contributed by atoms with E-state index < -0.39 is 17.8 Å². The fourth-order valence-corrected chi connectivity index (χ4v) is 6.58. The molecule has 32 heavy (non-hydrogen) atoms. The van der Waals surface area contributed by atoms with Crippen LogP contribution in [0.5, 0.6) is 0 Å². The first kappa shape index (κ1) is 25.5. The van der Waals surface area contributed by atoms with Crippen molar-refractivity contribution in [2.75, 3.05) is 0 Å². The van der Waals surface area contributed by atoms with Gasteiger partial charge in [0, 0.05) is 6.42 Å². The van der Waals surface area contributed by atoms with E-state index >= 15 is 0 Å². The third-order valence-electron chi connectivity index (χ3n) is 9.00. The quantitative estimate of drug-likeness (QED) is 0.381. The molecule has 0 aromatic heterocycles. The van der Waals surface area contributed by atoms with Gasteiger partial charge in [0.2, 0.25) is 0 Å². The molecule has 2 saturated carbocycles. The van der Waals surface area contributed by atoms with E-state index in [-0.39, 0.29) is 5.41 Å². The monoisotopic (exact) mass is 442 g/mol. The fraction of sp³-hybridized carbons (Fsp3) is 0.724. The molecule has 5 unspecified atom stereocenters. The molecule has 5 atom stereocenters. The molecule has 3 heteroatoms. The predicted octanol–water partition coefficient (Wildman–Crippen LogP) is 6.41. The molecule has 0 amide bonds. The average molecular weight is 443 g/mol. The van der Waals surface area contributed by atoms with Gasteiger partial charge in [0.1, 0.15) is 0 Å². The summed E-state index contributed by atoms with van der Waals surface area (Å²) in [6, 6.07) is 0. The van der Waals surface area contributed by atoms with Crippen molar-refractivity contribution >= 4 is 0 Å². The lowest BCUT2D eigenvalue weighted by molar-refractivity contribution is 0.0204. The van der Waals surface area contributed by atoms with Crippen molar-refractivity contribution in [1.82, 2.24) is 0 Å². The molecule has 0 radical (unpaired) electrons. The molecular weight excluding hydrogens is 396 g/mol. The van der Waals surface area contributed by atoms with Crippen molar-refractivity contribution in [3.05, 3.63) is 47.1 Å². The molecule has 0 aromatic carbocycles. The highest BCUT2D eigenvalue weighted by molar-refractivity contribution is 5.40. The molecule has 0 spiro atoms. The minimum atomic E-state index is -0.626. The Morgan fingerprint density at radius 1 is 1.25 bits per heavy atom. The standard InChI is InChI=1S/C29H46O3/c1-6-29(32,7-2)17-8-10-20(3)25-14-15-26-22(11-9-16-28(25,26)5)12-13-23-18-24(30)19-27(31)21(23)4/h12-14,20,24,26-27,30-32H,4,6-11,15-19H2,1-3,5H3. The maximum atomic E-state index is 10.6. The highest BCUT2D eigenvalue weighted by Gasteiger charge is 2.45. The largest absolute Gasteiger partial charge is 0.393 e. The first-order valence-electron chi connectivity index (χ1n) is 13.0. The minimum absolute atomic E-state index is 0.233. The van der Waals surface area contributed by atoms with Gasteiger partial charge in [-0.1, -0.05) is 70.1 Å². The Morgan fingerprint density at radius 2 is 1.97 bits per heavy atom. The lowest BCUT2D eigenvalue weighted by Gasteiger charge is -2.42. The van der Waals surface area contributed by atoms with E-state index in [9.17, 15) is 15.3 Å². The van der Waals surface area contributed by atoms with Gasteiger partial charge in [-0.25, -0.2) is 0 Å². The maximum absolute atomic E-state index is 10.6. The van der Waals surface area contributed by atoms with Gasteiger partial charge < -0.3 is 15.3 Å². The molecule has 0 saturated heterocycles. The van der Waals surface area contributed by atoms with Crippen LogP contribution in [0.25, 0.3) is 0 Å². The van der Waals surface area contributed by atoms with Crippen molar-refractivity contribution in [2.24, 2.45) is 17.3 Å². The summed E-state index contributed by atoms with van der Waals surface area (Å²) in [7, 11) is 0. The van der Waals surface area contributed by atoms with Crippen LogP contribution in [-0.2, 0) is 0 Å². The number of aliphatic hydroxyl groups is 3. The van der Waals surface area contributed by atoms with Crippen molar-refractivity contribution in [2.45, 2.75) is 116 Å². The Hall–Kier alpha value is -1.16. The van der Waals surface area contributed by atoms with Crippen LogP contribution in [0, 0.1) is 17.3 Å². The van der Waals surface area contributed by atoms with Crippen molar-refractivity contribution < 1.29 is 15.3 Å². The smallest absolute Gasteiger partial charge is 0.0811 e. The van der Waals surface area contributed by atoms with E-state index in [0.717, 1.165) is 56.1 Å². The van der Waals surface area contributed by atoms with E-state index in [1.54, 1.807) is 5.57 Å². The Kier molecular flexibility index (Phi) is 8.28. The molecule has 0 bridgehead atoms. The maximum Gasteiger partial charge on any atom is 0.0811 e. The summed E-state index contributed by atoms with van der Waals surface area (Å²) in [5.74, 6) is 1.12. The van der Waals surface area contributed by atoms with Crippen LogP contribution >= 0.6 is 0 Å².